The van der Waals surface area contributed by atoms with E-state index in [0.717, 1.165) is 42.7 Å². The number of hydrogen-bond donors (Lipinski definition) is 1. The molecule has 0 radical (unpaired) electrons. The largest absolute Gasteiger partial charge is 0.494 e. The first-order chi connectivity index (χ1) is 17.0. The third-order valence-corrected chi connectivity index (χ3v) is 7.32. The summed E-state index contributed by atoms with van der Waals surface area (Å²) in [5.74, 6) is 1.29. The molecule has 2 amide bonds. The fourth-order valence-electron chi connectivity index (χ4n) is 5.33. The first-order valence-electron chi connectivity index (χ1n) is 12.6. The van der Waals surface area contributed by atoms with Gasteiger partial charge in [0.1, 0.15) is 22.7 Å². The van der Waals surface area contributed by atoms with Gasteiger partial charge in [-0.25, -0.2) is 0 Å². The van der Waals surface area contributed by atoms with Gasteiger partial charge in [0.15, 0.2) is 0 Å². The van der Waals surface area contributed by atoms with Crippen LogP contribution in [0, 0.1) is 0 Å². The molecule has 7 nitrogen and oxygen atoms in total. The number of benzene rings is 1. The fraction of sp³-hybridized carbons (Fsp3) is 0.429. The van der Waals surface area contributed by atoms with Gasteiger partial charge in [-0.2, -0.15) is 0 Å². The Hall–Kier alpha value is -3.48. The summed E-state index contributed by atoms with van der Waals surface area (Å²) in [4.78, 5) is 29.3. The molecule has 2 aliphatic rings. The third kappa shape index (κ3) is 4.47. The van der Waals surface area contributed by atoms with E-state index in [4.69, 9.17) is 9.15 Å². The minimum absolute atomic E-state index is 0.0887. The Kier molecular flexibility index (Phi) is 6.41. The summed E-state index contributed by atoms with van der Waals surface area (Å²) < 4.78 is 13.1. The van der Waals surface area contributed by atoms with Crippen LogP contribution in [0.4, 0.5) is 0 Å². The van der Waals surface area contributed by atoms with E-state index >= 15 is 0 Å². The molecule has 35 heavy (non-hydrogen) atoms. The number of rotatable bonds is 8. The number of fused-ring (bicyclic) bond motifs is 1. The Morgan fingerprint density at radius 1 is 1.11 bits per heavy atom. The molecule has 3 heterocycles. The molecular formula is C28H33N3O4. The van der Waals surface area contributed by atoms with Crippen molar-refractivity contribution in [2.75, 3.05) is 13.2 Å². The number of aromatic nitrogens is 1. The summed E-state index contributed by atoms with van der Waals surface area (Å²) in [6, 6.07) is 15.6. The minimum atomic E-state index is -1.02. The van der Waals surface area contributed by atoms with Crippen molar-refractivity contribution in [1.82, 2.24) is 14.8 Å². The van der Waals surface area contributed by atoms with Gasteiger partial charge in [-0.3, -0.25) is 9.59 Å². The van der Waals surface area contributed by atoms with E-state index in [9.17, 15) is 9.59 Å². The molecule has 1 N–H and O–H groups in total. The van der Waals surface area contributed by atoms with Gasteiger partial charge >= 0.3 is 0 Å². The number of hydrogen-bond acceptors (Lipinski definition) is 4. The summed E-state index contributed by atoms with van der Waals surface area (Å²) in [7, 11) is 0. The van der Waals surface area contributed by atoms with E-state index in [-0.39, 0.29) is 17.9 Å². The van der Waals surface area contributed by atoms with Crippen molar-refractivity contribution in [3.63, 3.8) is 0 Å². The molecule has 3 aromatic rings. The molecule has 2 aromatic heterocycles. The van der Waals surface area contributed by atoms with Gasteiger partial charge in [0.2, 0.25) is 5.91 Å². The molecule has 0 unspecified atom stereocenters. The van der Waals surface area contributed by atoms with E-state index in [1.807, 2.05) is 66.9 Å². The van der Waals surface area contributed by atoms with Crippen molar-refractivity contribution in [1.29, 1.82) is 0 Å². The standard InChI is InChI=1S/C28H33N3O4/c1-3-34-22-12-10-20(11-13-22)16-17-31-26(32)24-15-14-23(25-9-6-18-35-25)30(24)19-28(31,2)27(33)29-21-7-4-5-8-21/h6,9-15,18,21H,3-5,7-8,16-17,19H2,1-2H3,(H,29,33)/t28-/m0/s1. The van der Waals surface area contributed by atoms with Crippen LogP contribution < -0.4 is 10.1 Å². The highest BCUT2D eigenvalue weighted by atomic mass is 16.5. The fourth-order valence-corrected chi connectivity index (χ4v) is 5.33. The van der Waals surface area contributed by atoms with Crippen molar-refractivity contribution in [3.8, 4) is 17.2 Å². The molecule has 1 aliphatic heterocycles. The average molecular weight is 476 g/mol. The lowest BCUT2D eigenvalue weighted by Gasteiger charge is -2.44. The number of amides is 2. The second kappa shape index (κ2) is 9.64. The molecule has 1 aromatic carbocycles. The zero-order valence-corrected chi connectivity index (χ0v) is 20.5. The van der Waals surface area contributed by atoms with Crippen molar-refractivity contribution < 1.29 is 18.7 Å². The molecule has 1 aliphatic carbocycles. The molecule has 1 atom stereocenters. The van der Waals surface area contributed by atoms with E-state index in [0.29, 0.717) is 37.6 Å². The van der Waals surface area contributed by atoms with Crippen molar-refractivity contribution >= 4 is 11.8 Å². The highest BCUT2D eigenvalue weighted by molar-refractivity contribution is 6.00. The minimum Gasteiger partial charge on any atom is -0.494 e. The van der Waals surface area contributed by atoms with Gasteiger partial charge in [-0.05, 0) is 75.1 Å². The second-order valence-corrected chi connectivity index (χ2v) is 9.68. The number of nitrogens with zero attached hydrogens (tertiary/aromatic N) is 2. The van der Waals surface area contributed by atoms with Gasteiger partial charge in [-0.1, -0.05) is 25.0 Å². The number of carbonyl (C=O) groups excluding carboxylic acids is 2. The maximum atomic E-state index is 13.8. The molecule has 0 bridgehead atoms. The van der Waals surface area contributed by atoms with E-state index < -0.39 is 5.54 Å². The first kappa shape index (κ1) is 23.3. The van der Waals surface area contributed by atoms with Crippen LogP contribution in [-0.2, 0) is 17.8 Å². The van der Waals surface area contributed by atoms with Crippen molar-refractivity contribution in [2.45, 2.75) is 64.1 Å². The first-order valence-corrected chi connectivity index (χ1v) is 12.6. The molecule has 184 valence electrons. The number of nitrogens with one attached hydrogen (secondary N) is 1. The number of ether oxygens (including phenoxy) is 1. The Bertz CT molecular complexity index is 1180. The smallest absolute Gasteiger partial charge is 0.271 e. The van der Waals surface area contributed by atoms with Gasteiger partial charge < -0.3 is 23.9 Å². The van der Waals surface area contributed by atoms with Gasteiger partial charge in [0, 0.05) is 12.6 Å². The van der Waals surface area contributed by atoms with Crippen molar-refractivity contribution in [3.05, 3.63) is 66.1 Å². The lowest BCUT2D eigenvalue weighted by atomic mass is 9.93. The lowest BCUT2D eigenvalue weighted by Crippen LogP contribution is -2.65. The molecule has 0 saturated heterocycles. The zero-order valence-electron chi connectivity index (χ0n) is 20.5. The van der Waals surface area contributed by atoms with Crippen LogP contribution in [0.5, 0.6) is 5.75 Å². The van der Waals surface area contributed by atoms with Crippen LogP contribution in [-0.4, -0.2) is 46.0 Å². The molecule has 1 fully saturated rings. The quantitative estimate of drug-likeness (QED) is 0.514. The van der Waals surface area contributed by atoms with E-state index in [1.165, 1.54) is 0 Å². The van der Waals surface area contributed by atoms with Crippen LogP contribution in [0.1, 0.15) is 55.6 Å². The highest BCUT2D eigenvalue weighted by Crippen LogP contribution is 2.34. The second-order valence-electron chi connectivity index (χ2n) is 9.68. The van der Waals surface area contributed by atoms with Gasteiger partial charge in [-0.15, -0.1) is 0 Å². The topological polar surface area (TPSA) is 76.7 Å². The molecule has 5 rings (SSSR count). The number of furan rings is 1. The van der Waals surface area contributed by atoms with Crippen LogP contribution >= 0.6 is 0 Å². The maximum Gasteiger partial charge on any atom is 0.271 e. The highest BCUT2D eigenvalue weighted by Gasteiger charge is 2.48. The Morgan fingerprint density at radius 2 is 1.86 bits per heavy atom. The molecule has 7 heteroatoms. The van der Waals surface area contributed by atoms with E-state index in [1.54, 1.807) is 11.2 Å². The molecule has 0 spiro atoms. The lowest BCUT2D eigenvalue weighted by molar-refractivity contribution is -0.133. The van der Waals surface area contributed by atoms with Crippen LogP contribution in [0.15, 0.2) is 59.2 Å². The zero-order chi connectivity index (χ0) is 24.4. The average Bonchev–Trinajstić information content (AvgIpc) is 3.62. The maximum absolute atomic E-state index is 13.8. The summed E-state index contributed by atoms with van der Waals surface area (Å²) in [6.07, 6.45) is 6.52. The summed E-state index contributed by atoms with van der Waals surface area (Å²) >= 11 is 0. The van der Waals surface area contributed by atoms with E-state index in [2.05, 4.69) is 5.32 Å². The summed E-state index contributed by atoms with van der Waals surface area (Å²) in [5.41, 5.74) is 1.47. The number of carbonyl (C=O) groups is 2. The molecule has 1 saturated carbocycles. The van der Waals surface area contributed by atoms with Crippen LogP contribution in [0.2, 0.25) is 0 Å². The monoisotopic (exact) mass is 475 g/mol. The summed E-state index contributed by atoms with van der Waals surface area (Å²) in [5, 5.41) is 3.25. The van der Waals surface area contributed by atoms with Crippen LogP contribution in [0.25, 0.3) is 11.5 Å². The van der Waals surface area contributed by atoms with Gasteiger partial charge in [0.25, 0.3) is 5.91 Å². The van der Waals surface area contributed by atoms with Gasteiger partial charge in [0.05, 0.1) is 25.1 Å². The predicted molar refractivity (Wildman–Crippen MR) is 133 cm³/mol. The Morgan fingerprint density at radius 3 is 2.54 bits per heavy atom. The summed E-state index contributed by atoms with van der Waals surface area (Å²) in [6.45, 7) is 5.29. The normalized spacial score (nSPS) is 20.2. The van der Waals surface area contributed by atoms with Crippen LogP contribution in [0.3, 0.4) is 0 Å². The SMILES string of the molecule is CCOc1ccc(CCN2C(=O)c3ccc(-c4ccco4)n3C[C@@]2(C)C(=O)NC2CCCC2)cc1. The third-order valence-electron chi connectivity index (χ3n) is 7.32. The Labute approximate surface area is 206 Å². The molecular weight excluding hydrogens is 442 g/mol. The van der Waals surface area contributed by atoms with Crippen molar-refractivity contribution in [2.24, 2.45) is 0 Å². The predicted octanol–water partition coefficient (Wildman–Crippen LogP) is 4.66. The Balaban J connectivity index is 1.44.